The second kappa shape index (κ2) is 14.4. The molecule has 2 aliphatic heterocycles. The largest absolute Gasteiger partial charge is 0.396 e. The van der Waals surface area contributed by atoms with Crippen molar-refractivity contribution in [3.63, 3.8) is 0 Å². The van der Waals surface area contributed by atoms with Gasteiger partial charge in [0.25, 0.3) is 5.91 Å². The summed E-state index contributed by atoms with van der Waals surface area (Å²) in [5.74, 6) is -0.113. The Morgan fingerprint density at radius 2 is 2.11 bits per heavy atom. The Balaban J connectivity index is 1.48. The molecule has 11 heteroatoms. The van der Waals surface area contributed by atoms with Crippen molar-refractivity contribution in [3.8, 4) is 11.3 Å². The van der Waals surface area contributed by atoms with Crippen LogP contribution in [0.25, 0.3) is 22.2 Å². The molecule has 5 rings (SSSR count). The van der Waals surface area contributed by atoms with Gasteiger partial charge in [-0.3, -0.25) is 14.8 Å². The van der Waals surface area contributed by atoms with Crippen LogP contribution in [-0.4, -0.2) is 83.1 Å². The summed E-state index contributed by atoms with van der Waals surface area (Å²) < 4.78 is 14.2. The van der Waals surface area contributed by atoms with Gasteiger partial charge in [0.15, 0.2) is 0 Å². The van der Waals surface area contributed by atoms with E-state index in [0.29, 0.717) is 32.5 Å². The molecule has 0 unspecified atom stereocenters. The lowest BCUT2D eigenvalue weighted by Gasteiger charge is -2.37. The van der Waals surface area contributed by atoms with Gasteiger partial charge in [0.1, 0.15) is 0 Å². The van der Waals surface area contributed by atoms with Crippen molar-refractivity contribution in [3.05, 3.63) is 47.8 Å². The maximum atomic E-state index is 13.1. The van der Waals surface area contributed by atoms with E-state index in [4.69, 9.17) is 20.2 Å². The predicted molar refractivity (Wildman–Crippen MR) is 182 cm³/mol. The van der Waals surface area contributed by atoms with Crippen molar-refractivity contribution in [2.45, 2.75) is 83.5 Å². The van der Waals surface area contributed by atoms with E-state index < -0.39 is 6.04 Å². The number of morpholine rings is 1. The number of ether oxygens (including phenoxy) is 2. The van der Waals surface area contributed by atoms with Gasteiger partial charge in [-0.05, 0) is 80.8 Å². The first kappa shape index (κ1) is 33.7. The molecular formula is C34H50N6O4S. The average Bonchev–Trinajstić information content (AvgIpc) is 3.35. The number of aliphatic hydroxyl groups is 1. The van der Waals surface area contributed by atoms with Crippen LogP contribution in [0.3, 0.4) is 0 Å². The Labute approximate surface area is 272 Å². The van der Waals surface area contributed by atoms with Crippen molar-refractivity contribution < 1.29 is 19.4 Å². The number of amides is 1. The monoisotopic (exact) mass is 638 g/mol. The number of nitrogens with zero attached hydrogens (tertiary/aromatic N) is 4. The minimum Gasteiger partial charge on any atom is -0.396 e. The Bertz CT molecular complexity index is 1480. The lowest BCUT2D eigenvalue weighted by Crippen LogP contribution is -2.56. The first-order valence-corrected chi connectivity index (χ1v) is 16.7. The quantitative estimate of drug-likeness (QED) is 0.230. The lowest BCUT2D eigenvalue weighted by molar-refractivity contribution is -0.138. The normalized spacial score (nSPS) is 20.9. The SMILES string of the molecule is CCn1c(-c2cccnc2[C@H](C)OC)c(CC(C)(C)CO)c2cc(N3CCO[C@@H](C[C@H](N)C(=O)N4CCC[C@@H](S)N4)C3)ccc21. The molecule has 1 amide bonds. The molecule has 0 aliphatic carbocycles. The number of aliphatic hydroxyl groups excluding tert-OH is 1. The summed E-state index contributed by atoms with van der Waals surface area (Å²) in [4.78, 5) is 20.1. The Morgan fingerprint density at radius 3 is 2.82 bits per heavy atom. The summed E-state index contributed by atoms with van der Waals surface area (Å²) in [6, 6.07) is 10.1. The van der Waals surface area contributed by atoms with E-state index in [9.17, 15) is 9.90 Å². The van der Waals surface area contributed by atoms with Crippen LogP contribution in [0, 0.1) is 5.41 Å². The molecule has 1 aromatic carbocycles. The van der Waals surface area contributed by atoms with Gasteiger partial charge >= 0.3 is 0 Å². The molecule has 2 saturated heterocycles. The zero-order valence-corrected chi connectivity index (χ0v) is 28.2. The van der Waals surface area contributed by atoms with Gasteiger partial charge in [0.05, 0.1) is 41.6 Å². The molecule has 4 heterocycles. The van der Waals surface area contributed by atoms with E-state index >= 15 is 0 Å². The number of hydrogen-bond acceptors (Lipinski definition) is 9. The molecule has 0 spiro atoms. The molecule has 4 atom stereocenters. The summed E-state index contributed by atoms with van der Waals surface area (Å²) in [6.45, 7) is 11.8. The number of thiol groups is 1. The van der Waals surface area contributed by atoms with Crippen LogP contribution in [0.2, 0.25) is 0 Å². The summed E-state index contributed by atoms with van der Waals surface area (Å²) in [5.41, 5.74) is 15.7. The van der Waals surface area contributed by atoms with E-state index in [1.165, 1.54) is 5.56 Å². The number of aromatic nitrogens is 2. The van der Waals surface area contributed by atoms with Crippen LogP contribution in [-0.2, 0) is 27.2 Å². The first-order chi connectivity index (χ1) is 21.6. The van der Waals surface area contributed by atoms with Gasteiger partial charge in [0, 0.05) is 68.2 Å². The molecule has 0 bridgehead atoms. The van der Waals surface area contributed by atoms with Crippen molar-refractivity contribution >= 4 is 35.1 Å². The number of carbonyl (C=O) groups is 1. The van der Waals surface area contributed by atoms with Crippen LogP contribution in [0.1, 0.15) is 64.3 Å². The highest BCUT2D eigenvalue weighted by Crippen LogP contribution is 2.41. The second-order valence-corrected chi connectivity index (χ2v) is 13.8. The molecule has 3 aromatic rings. The van der Waals surface area contributed by atoms with E-state index in [1.807, 2.05) is 19.2 Å². The van der Waals surface area contributed by atoms with Crippen molar-refractivity contribution in [2.24, 2.45) is 11.1 Å². The van der Waals surface area contributed by atoms with Gasteiger partial charge in [-0.25, -0.2) is 5.43 Å². The highest BCUT2D eigenvalue weighted by atomic mass is 32.1. The number of anilines is 1. The molecule has 2 aliphatic rings. The summed E-state index contributed by atoms with van der Waals surface area (Å²) in [6.07, 6.45) is 4.45. The van der Waals surface area contributed by atoms with E-state index in [1.54, 1.807) is 12.1 Å². The minimum absolute atomic E-state index is 0.0321. The third kappa shape index (κ3) is 7.34. The number of rotatable bonds is 11. The topological polar surface area (TPSA) is 118 Å². The lowest BCUT2D eigenvalue weighted by atomic mass is 9.84. The molecular weight excluding hydrogens is 588 g/mol. The van der Waals surface area contributed by atoms with Crippen molar-refractivity contribution in [1.29, 1.82) is 0 Å². The zero-order valence-electron chi connectivity index (χ0n) is 27.3. The number of fused-ring (bicyclic) bond motifs is 1. The maximum absolute atomic E-state index is 13.1. The number of benzene rings is 1. The number of nitrogens with two attached hydrogens (primary N) is 1. The fourth-order valence-corrected chi connectivity index (χ4v) is 6.94. The third-order valence-corrected chi connectivity index (χ3v) is 9.53. The molecule has 0 saturated carbocycles. The van der Waals surface area contributed by atoms with Crippen LogP contribution in [0.5, 0.6) is 0 Å². The molecule has 2 aromatic heterocycles. The van der Waals surface area contributed by atoms with Crippen molar-refractivity contribution in [1.82, 2.24) is 20.0 Å². The number of methoxy groups -OCH3 is 1. The summed E-state index contributed by atoms with van der Waals surface area (Å²) in [7, 11) is 1.71. The van der Waals surface area contributed by atoms with Gasteiger partial charge in [-0.15, -0.1) is 0 Å². The van der Waals surface area contributed by atoms with Crippen LogP contribution in [0.15, 0.2) is 36.5 Å². The number of carbonyl (C=O) groups excluding carboxylic acids is 1. The number of hydrogen-bond donors (Lipinski definition) is 4. The van der Waals surface area contributed by atoms with Gasteiger partial charge in [-0.1, -0.05) is 13.8 Å². The molecule has 45 heavy (non-hydrogen) atoms. The predicted octanol–water partition coefficient (Wildman–Crippen LogP) is 4.30. The number of hydrazine groups is 1. The Kier molecular flexibility index (Phi) is 10.8. The van der Waals surface area contributed by atoms with Crippen LogP contribution < -0.4 is 16.1 Å². The summed E-state index contributed by atoms with van der Waals surface area (Å²) >= 11 is 4.48. The molecule has 10 nitrogen and oxygen atoms in total. The molecule has 2 fully saturated rings. The van der Waals surface area contributed by atoms with E-state index in [2.05, 4.69) is 72.6 Å². The third-order valence-electron chi connectivity index (χ3n) is 9.15. The minimum atomic E-state index is -0.653. The van der Waals surface area contributed by atoms with Gasteiger partial charge < -0.3 is 29.8 Å². The van der Waals surface area contributed by atoms with Gasteiger partial charge in [-0.2, -0.15) is 12.6 Å². The Hall–Kier alpha value is -2.67. The van der Waals surface area contributed by atoms with Crippen LogP contribution in [0.4, 0.5) is 5.69 Å². The first-order valence-electron chi connectivity index (χ1n) is 16.2. The smallest absolute Gasteiger partial charge is 0.253 e. The highest BCUT2D eigenvalue weighted by Gasteiger charge is 2.31. The maximum Gasteiger partial charge on any atom is 0.253 e. The molecule has 4 N–H and O–H groups in total. The van der Waals surface area contributed by atoms with Gasteiger partial charge in [0.2, 0.25) is 0 Å². The second-order valence-electron chi connectivity index (χ2n) is 13.1. The zero-order chi connectivity index (χ0) is 32.3. The number of pyridine rings is 1. The molecule has 0 radical (unpaired) electrons. The summed E-state index contributed by atoms with van der Waals surface area (Å²) in [5, 5.41) is 13.1. The Morgan fingerprint density at radius 1 is 1.31 bits per heavy atom. The standard InChI is InChI=1S/C34H50N6O4S/c1-6-39-29-12-11-23(38-15-16-44-24(20-38)18-28(35)33(42)40-14-8-10-30(45)37-40)17-26(29)27(19-34(3,4)21-41)32(39)25-9-7-13-36-31(25)22(2)43-5/h7,9,11-13,17,22,24,28,30,37,41,45H,6,8,10,14-16,18-21,35H2,1-5H3/t22-,24-,28-,30+/m0/s1. The number of aryl methyl sites for hydroxylation is 1. The number of nitrogens with one attached hydrogen (secondary N) is 1. The highest BCUT2D eigenvalue weighted by molar-refractivity contribution is 7.80. The average molecular weight is 639 g/mol. The van der Waals surface area contributed by atoms with E-state index in [-0.39, 0.29) is 35.5 Å². The van der Waals surface area contributed by atoms with E-state index in [0.717, 1.165) is 59.5 Å². The fraction of sp³-hybridized carbons (Fsp3) is 0.588. The van der Waals surface area contributed by atoms with Crippen molar-refractivity contribution in [2.75, 3.05) is 44.9 Å². The fourth-order valence-electron chi connectivity index (χ4n) is 6.62. The molecule has 246 valence electrons. The van der Waals surface area contributed by atoms with Crippen LogP contribution >= 0.6 is 12.6 Å².